The van der Waals surface area contributed by atoms with Crippen molar-refractivity contribution in [3.05, 3.63) is 0 Å². The molecule has 0 saturated heterocycles. The van der Waals surface area contributed by atoms with Gasteiger partial charge in [0.1, 0.15) is 0 Å². The Morgan fingerprint density at radius 3 is 0.333 bits per heavy atom. The molecule has 0 rings (SSSR count). The summed E-state index contributed by atoms with van der Waals surface area (Å²) in [7, 11) is 0. The van der Waals surface area contributed by atoms with Crippen LogP contribution in [0.25, 0.3) is 0 Å². The Labute approximate surface area is 360 Å². The van der Waals surface area contributed by atoms with Gasteiger partial charge in [0, 0.05) is 51.4 Å². The number of hydrogen-bond acceptors (Lipinski definition) is 1. The number of hydrogen-bond donors (Lipinski definition) is 1. The molecule has 0 aliphatic rings. The topological polar surface area (TPSA) is 35.0 Å². The van der Waals surface area contributed by atoms with Gasteiger partial charge in [-0.3, -0.25) is 0 Å². The molecule has 0 aromatic rings. The van der Waals surface area contributed by atoms with Crippen LogP contribution in [0.1, 0.15) is 209 Å². The van der Waals surface area contributed by atoms with Crippen LogP contribution in [0, 0.1) is 98.8 Å². The van der Waals surface area contributed by atoms with Gasteiger partial charge in [-0.2, -0.15) is 0 Å². The third-order valence-corrected chi connectivity index (χ3v) is 5.40. The first kappa shape index (κ1) is 78.2. The van der Waals surface area contributed by atoms with E-state index in [4.69, 9.17) is 51.4 Å². The number of terminal acetylenes is 8. The zero-order chi connectivity index (χ0) is 38.6. The summed E-state index contributed by atoms with van der Waals surface area (Å²) in [5.41, 5.74) is 0. The SMILES string of the molecule is C#CCCCC.C#CCCCC.C#CCCCC.C#CCCCC.C#CCCCC.C#CCCCC.C#CCCCC.C#CCCCC.N.[SbH3].[SbH3]. The Morgan fingerprint density at radius 1 is 0.235 bits per heavy atom. The molecule has 0 unspecified atom stereocenters. The van der Waals surface area contributed by atoms with E-state index in [9.17, 15) is 0 Å². The molecular formula is C48H89NSb2. The van der Waals surface area contributed by atoms with Crippen molar-refractivity contribution >= 4 is 48.9 Å². The third-order valence-electron chi connectivity index (χ3n) is 5.40. The summed E-state index contributed by atoms with van der Waals surface area (Å²) in [6.45, 7) is 17.1. The first-order chi connectivity index (χ1) is 23.3. The fourth-order valence-electron chi connectivity index (χ4n) is 2.23. The zero-order valence-corrected chi connectivity index (χ0v) is 43.8. The maximum atomic E-state index is 4.96. The Hall–Kier alpha value is -1.92. The molecule has 0 heterocycles. The molecule has 296 valence electrons. The molecule has 0 aliphatic heterocycles. The normalized spacial score (nSPS) is 6.90. The predicted molar refractivity (Wildman–Crippen MR) is 252 cm³/mol. The van der Waals surface area contributed by atoms with Crippen molar-refractivity contribution in [2.24, 2.45) is 0 Å². The standard InChI is InChI=1S/8C6H10.H3N.2Sb.6H/c8*1-3-5-6-4-2;;;;;;;;;/h8*1H,4-6H2,2H3;1H3;;;;;;;;. The van der Waals surface area contributed by atoms with Gasteiger partial charge in [0.2, 0.25) is 0 Å². The molecule has 0 fully saturated rings. The van der Waals surface area contributed by atoms with E-state index >= 15 is 0 Å². The number of unbranched alkanes of at least 4 members (excludes halogenated alkanes) is 16. The average molecular weight is 924 g/mol. The molecule has 0 radical (unpaired) electrons. The Kier molecular flexibility index (Phi) is 181. The van der Waals surface area contributed by atoms with Crippen LogP contribution in [-0.2, 0) is 0 Å². The van der Waals surface area contributed by atoms with Crippen LogP contribution in [-0.4, -0.2) is 48.9 Å². The molecule has 0 bridgehead atoms. The zero-order valence-electron chi connectivity index (χ0n) is 35.7. The van der Waals surface area contributed by atoms with Gasteiger partial charge in [-0.1, -0.05) is 107 Å². The monoisotopic (exact) mass is 922 g/mol. The second-order valence-electron chi connectivity index (χ2n) is 10.5. The van der Waals surface area contributed by atoms with E-state index in [2.05, 4.69) is 103 Å². The van der Waals surface area contributed by atoms with Gasteiger partial charge in [0.05, 0.1) is 0 Å². The molecule has 0 saturated carbocycles. The van der Waals surface area contributed by atoms with Gasteiger partial charge >= 0.3 is 48.9 Å². The van der Waals surface area contributed by atoms with E-state index in [1.54, 1.807) is 0 Å². The summed E-state index contributed by atoms with van der Waals surface area (Å²) >= 11 is 0. The summed E-state index contributed by atoms with van der Waals surface area (Å²) < 4.78 is 0. The average Bonchev–Trinajstić information content (AvgIpc) is 3.12. The van der Waals surface area contributed by atoms with Crippen LogP contribution in [0.15, 0.2) is 0 Å². The van der Waals surface area contributed by atoms with E-state index in [0.29, 0.717) is 0 Å². The summed E-state index contributed by atoms with van der Waals surface area (Å²) in [5.74, 6) is 20.5. The minimum atomic E-state index is 0. The quantitative estimate of drug-likeness (QED) is 0.0934. The fourth-order valence-corrected chi connectivity index (χ4v) is 2.23. The summed E-state index contributed by atoms with van der Waals surface area (Å²) in [6, 6.07) is 0. The summed E-state index contributed by atoms with van der Waals surface area (Å²) in [4.78, 5) is 0. The van der Waals surface area contributed by atoms with Gasteiger partial charge < -0.3 is 6.15 Å². The first-order valence-electron chi connectivity index (χ1n) is 18.8. The van der Waals surface area contributed by atoms with Gasteiger partial charge in [-0.05, 0) is 51.4 Å². The molecule has 0 aliphatic carbocycles. The van der Waals surface area contributed by atoms with E-state index in [1.807, 2.05) is 0 Å². The minimum absolute atomic E-state index is 0. The molecule has 1 nitrogen and oxygen atoms in total. The van der Waals surface area contributed by atoms with Crippen molar-refractivity contribution in [2.45, 2.75) is 209 Å². The van der Waals surface area contributed by atoms with Crippen molar-refractivity contribution in [3.63, 3.8) is 0 Å². The van der Waals surface area contributed by atoms with E-state index in [0.717, 1.165) is 51.4 Å². The molecular weight excluding hydrogens is 834 g/mol. The Morgan fingerprint density at radius 2 is 0.314 bits per heavy atom. The molecule has 0 spiro atoms. The molecule has 3 N–H and O–H groups in total. The van der Waals surface area contributed by atoms with E-state index < -0.39 is 0 Å². The van der Waals surface area contributed by atoms with E-state index in [1.165, 1.54) is 103 Å². The Bertz CT molecular complexity index is 616. The van der Waals surface area contributed by atoms with Crippen molar-refractivity contribution in [3.8, 4) is 98.8 Å². The van der Waals surface area contributed by atoms with Crippen LogP contribution in [0.2, 0.25) is 0 Å². The van der Waals surface area contributed by atoms with Crippen molar-refractivity contribution in [1.82, 2.24) is 6.15 Å². The Balaban J connectivity index is -0.0000000395. The second-order valence-corrected chi connectivity index (χ2v) is 10.5. The van der Waals surface area contributed by atoms with Gasteiger partial charge in [0.25, 0.3) is 0 Å². The first-order valence-corrected chi connectivity index (χ1v) is 18.8. The van der Waals surface area contributed by atoms with E-state index in [-0.39, 0.29) is 55.0 Å². The number of rotatable bonds is 16. The molecule has 0 atom stereocenters. The fraction of sp³-hybridized carbons (Fsp3) is 0.667. The summed E-state index contributed by atoms with van der Waals surface area (Å²) in [6.07, 6.45) is 66.4. The third kappa shape index (κ3) is 209. The molecule has 3 heteroatoms. The van der Waals surface area contributed by atoms with Crippen molar-refractivity contribution < 1.29 is 0 Å². The second kappa shape index (κ2) is 118. The van der Waals surface area contributed by atoms with Crippen molar-refractivity contribution in [1.29, 1.82) is 0 Å². The predicted octanol–water partition coefficient (Wildman–Crippen LogP) is 12.3. The van der Waals surface area contributed by atoms with Crippen LogP contribution < -0.4 is 6.15 Å². The maximum absolute atomic E-state index is 4.96. The molecule has 0 amide bonds. The van der Waals surface area contributed by atoms with Crippen LogP contribution in [0.3, 0.4) is 0 Å². The summed E-state index contributed by atoms with van der Waals surface area (Å²) in [5, 5.41) is 0. The van der Waals surface area contributed by atoms with Gasteiger partial charge in [-0.25, -0.2) is 0 Å². The molecule has 0 aromatic carbocycles. The van der Waals surface area contributed by atoms with Gasteiger partial charge in [-0.15, -0.1) is 98.8 Å². The molecule has 0 aromatic heterocycles. The van der Waals surface area contributed by atoms with Crippen LogP contribution in [0.5, 0.6) is 0 Å². The van der Waals surface area contributed by atoms with Crippen LogP contribution >= 0.6 is 0 Å². The molecule has 51 heavy (non-hydrogen) atoms. The van der Waals surface area contributed by atoms with Gasteiger partial charge in [0.15, 0.2) is 0 Å². The van der Waals surface area contributed by atoms with Crippen LogP contribution in [0.4, 0.5) is 0 Å². The van der Waals surface area contributed by atoms with Crippen molar-refractivity contribution in [2.75, 3.05) is 0 Å².